The quantitative estimate of drug-likeness (QED) is 0.0531. The Labute approximate surface area is 227 Å². The number of tetrazole rings is 1. The van der Waals surface area contributed by atoms with E-state index < -0.39 is 34.6 Å². The van der Waals surface area contributed by atoms with Crippen molar-refractivity contribution < 1.29 is 29.4 Å². The van der Waals surface area contributed by atoms with Gasteiger partial charge in [0.05, 0.1) is 13.2 Å². The van der Waals surface area contributed by atoms with Crippen molar-refractivity contribution in [3.8, 4) is 0 Å². The number of hydrogen-bond acceptors (Lipinski definition) is 16. The van der Waals surface area contributed by atoms with E-state index in [1.807, 2.05) is 0 Å². The highest BCUT2D eigenvalue weighted by molar-refractivity contribution is 8.00. The Balaban J connectivity index is 1.41. The highest BCUT2D eigenvalue weighted by Crippen LogP contribution is 2.44. The van der Waals surface area contributed by atoms with Gasteiger partial charge in [0, 0.05) is 29.6 Å². The molecule has 0 spiro atoms. The number of β-lactam (4-membered cyclic amide) rings is 1. The molecule has 2 aliphatic rings. The molecule has 2 aliphatic heterocycles. The van der Waals surface area contributed by atoms with Gasteiger partial charge in [-0.1, -0.05) is 16.9 Å². The average Bonchev–Trinajstić information content (AvgIpc) is 3.54. The standard InChI is InChI=1S/C18H25N11O6S3/c19-2-1-5-35-24-9(11-22-16(20)38-25-11)12(31)21-10-13(32)28-6-18(15(33)34,7-36-14(10)28)8-37-17-23-26-27-29(17)3-4-30/h10,14,30H,1-8,19H2,(H,21,31)(H,33,34)(H2,20,22,25)/t10?,14-,18?/m1/s1. The van der Waals surface area contributed by atoms with Crippen LogP contribution in [-0.4, -0.2) is 117 Å². The van der Waals surface area contributed by atoms with E-state index in [4.69, 9.17) is 21.4 Å². The number of aliphatic hydroxyl groups excluding tert-OH is 1. The molecule has 0 radical (unpaired) electrons. The van der Waals surface area contributed by atoms with Crippen molar-refractivity contribution in [1.82, 2.24) is 39.8 Å². The van der Waals surface area contributed by atoms with Gasteiger partial charge in [-0.25, -0.2) is 4.68 Å². The number of fused-ring (bicyclic) bond motifs is 1. The van der Waals surface area contributed by atoms with Crippen molar-refractivity contribution in [3.63, 3.8) is 0 Å². The van der Waals surface area contributed by atoms with Crippen LogP contribution in [0.1, 0.15) is 12.2 Å². The number of nitrogens with two attached hydrogens (primary N) is 2. The number of nitrogens with one attached hydrogen (secondary N) is 1. The first-order chi connectivity index (χ1) is 18.3. The van der Waals surface area contributed by atoms with E-state index in [1.54, 1.807) is 0 Å². The summed E-state index contributed by atoms with van der Waals surface area (Å²) in [5, 5.41) is 36.9. The zero-order chi connectivity index (χ0) is 27.3. The average molecular weight is 588 g/mol. The highest BCUT2D eigenvalue weighted by Gasteiger charge is 2.57. The summed E-state index contributed by atoms with van der Waals surface area (Å²) in [6.45, 7) is 0.495. The molecule has 2 unspecified atom stereocenters. The Morgan fingerprint density at radius 1 is 1.39 bits per heavy atom. The number of anilines is 1. The number of hydrogen-bond donors (Lipinski definition) is 5. The first-order valence-corrected chi connectivity index (χ1v) is 14.1. The van der Waals surface area contributed by atoms with Gasteiger partial charge in [-0.05, 0) is 23.4 Å². The molecule has 4 heterocycles. The van der Waals surface area contributed by atoms with Crippen LogP contribution in [0.3, 0.4) is 0 Å². The number of aromatic nitrogens is 6. The Kier molecular flexibility index (Phi) is 8.97. The molecule has 0 aromatic carbocycles. The summed E-state index contributed by atoms with van der Waals surface area (Å²) >= 11 is 3.27. The van der Waals surface area contributed by atoms with Gasteiger partial charge in [0.15, 0.2) is 5.13 Å². The Morgan fingerprint density at radius 3 is 2.89 bits per heavy atom. The van der Waals surface area contributed by atoms with Crippen molar-refractivity contribution in [3.05, 3.63) is 5.82 Å². The number of nitrogens with zero attached hydrogens (tertiary/aromatic N) is 8. The number of aliphatic hydroxyl groups is 1. The molecule has 2 saturated heterocycles. The second kappa shape index (κ2) is 12.2. The van der Waals surface area contributed by atoms with E-state index in [-0.39, 0.29) is 54.5 Å². The number of carbonyl (C=O) groups is 3. The number of amides is 2. The maximum Gasteiger partial charge on any atom is 0.313 e. The summed E-state index contributed by atoms with van der Waals surface area (Å²) in [7, 11) is 0. The van der Waals surface area contributed by atoms with Gasteiger partial charge in [-0.15, -0.1) is 16.9 Å². The molecule has 0 aliphatic carbocycles. The number of oxime groups is 1. The van der Waals surface area contributed by atoms with E-state index in [1.165, 1.54) is 21.3 Å². The van der Waals surface area contributed by atoms with Gasteiger partial charge in [0.1, 0.15) is 23.4 Å². The fourth-order valence-electron chi connectivity index (χ4n) is 3.63. The second-order valence-corrected chi connectivity index (χ2v) is 11.1. The van der Waals surface area contributed by atoms with E-state index in [0.29, 0.717) is 18.1 Å². The lowest BCUT2D eigenvalue weighted by Crippen LogP contribution is -2.74. The van der Waals surface area contributed by atoms with Gasteiger partial charge in [0.2, 0.25) is 22.6 Å². The lowest BCUT2D eigenvalue weighted by atomic mass is 9.89. The normalized spacial score (nSPS) is 23.1. The molecule has 7 N–H and O–H groups in total. The molecule has 3 atom stereocenters. The number of carbonyl (C=O) groups excluding carboxylic acids is 2. The van der Waals surface area contributed by atoms with Gasteiger partial charge >= 0.3 is 5.97 Å². The Hall–Kier alpha value is -3.07. The minimum absolute atomic E-state index is 0.0388. The minimum Gasteiger partial charge on any atom is -0.481 e. The third-order valence-corrected chi connectivity index (χ3v) is 9.02. The van der Waals surface area contributed by atoms with Crippen LogP contribution in [0.2, 0.25) is 0 Å². The lowest BCUT2D eigenvalue weighted by molar-refractivity contribution is -0.157. The topological polar surface area (TPSA) is 250 Å². The minimum atomic E-state index is -1.27. The summed E-state index contributed by atoms with van der Waals surface area (Å²) in [6, 6.07) is -0.894. The summed E-state index contributed by atoms with van der Waals surface area (Å²) in [5.74, 6) is -1.97. The molecule has 2 amide bonds. The first kappa shape index (κ1) is 28.0. The SMILES string of the molecule is NCCCON=C(C(=O)NC1C(=O)N2CC(CSc3nnnn3CCO)(C(=O)O)CS[C@H]12)c1nsc(N)n1. The van der Waals surface area contributed by atoms with Crippen LogP contribution >= 0.6 is 35.1 Å². The molecule has 2 aromatic heterocycles. The van der Waals surface area contributed by atoms with E-state index >= 15 is 0 Å². The Morgan fingerprint density at radius 2 is 2.21 bits per heavy atom. The third-order valence-electron chi connectivity index (χ3n) is 5.64. The van der Waals surface area contributed by atoms with Crippen LogP contribution in [0.15, 0.2) is 10.3 Å². The molecule has 0 bridgehead atoms. The van der Waals surface area contributed by atoms with Crippen LogP contribution in [-0.2, 0) is 25.8 Å². The Bertz CT molecular complexity index is 1210. The monoisotopic (exact) mass is 587 g/mol. The number of carboxylic acids is 1. The van der Waals surface area contributed by atoms with Crippen molar-refractivity contribution in [2.24, 2.45) is 16.3 Å². The largest absolute Gasteiger partial charge is 0.481 e. The molecule has 38 heavy (non-hydrogen) atoms. The van der Waals surface area contributed by atoms with Crippen LogP contribution in [0.4, 0.5) is 5.13 Å². The van der Waals surface area contributed by atoms with Crippen molar-refractivity contribution in [2.75, 3.05) is 43.5 Å². The van der Waals surface area contributed by atoms with Crippen molar-refractivity contribution in [1.29, 1.82) is 0 Å². The van der Waals surface area contributed by atoms with E-state index in [0.717, 1.165) is 23.3 Å². The molecule has 17 nitrogen and oxygen atoms in total. The first-order valence-electron chi connectivity index (χ1n) is 11.3. The van der Waals surface area contributed by atoms with Crippen LogP contribution < -0.4 is 16.8 Å². The summed E-state index contributed by atoms with van der Waals surface area (Å²) < 4.78 is 5.37. The van der Waals surface area contributed by atoms with Gasteiger partial charge in [-0.2, -0.15) is 9.36 Å². The molecular formula is C18H25N11O6S3. The molecular weight excluding hydrogens is 562 g/mol. The van der Waals surface area contributed by atoms with E-state index in [2.05, 4.69) is 35.4 Å². The van der Waals surface area contributed by atoms with Crippen molar-refractivity contribution >= 4 is 63.7 Å². The molecule has 2 aromatic rings. The summed E-state index contributed by atoms with van der Waals surface area (Å²) in [6.07, 6.45) is 0.514. The highest BCUT2D eigenvalue weighted by atomic mass is 32.2. The van der Waals surface area contributed by atoms with Crippen LogP contribution in [0.25, 0.3) is 0 Å². The third kappa shape index (κ3) is 5.82. The summed E-state index contributed by atoms with van der Waals surface area (Å²) in [4.78, 5) is 48.8. The second-order valence-electron chi connectivity index (χ2n) is 8.27. The maximum atomic E-state index is 13.0. The van der Waals surface area contributed by atoms with Crippen LogP contribution in [0.5, 0.6) is 0 Å². The van der Waals surface area contributed by atoms with Crippen molar-refractivity contribution in [2.45, 2.75) is 29.5 Å². The number of thioether (sulfide) groups is 2. The molecule has 0 saturated carbocycles. The fourth-order valence-corrected chi connectivity index (χ4v) is 6.83. The fraction of sp³-hybridized carbons (Fsp3) is 0.611. The molecule has 206 valence electrons. The molecule has 4 rings (SSSR count). The smallest absolute Gasteiger partial charge is 0.313 e. The number of nitrogen functional groups attached to an aromatic ring is 1. The molecule has 20 heteroatoms. The lowest BCUT2D eigenvalue weighted by Gasteiger charge is -2.53. The number of aliphatic carboxylic acids is 1. The summed E-state index contributed by atoms with van der Waals surface area (Å²) in [5.41, 5.74) is 9.57. The van der Waals surface area contributed by atoms with Gasteiger partial charge < -0.3 is 36.7 Å². The molecule has 2 fully saturated rings. The van der Waals surface area contributed by atoms with Gasteiger partial charge in [-0.3, -0.25) is 14.4 Å². The predicted octanol–water partition coefficient (Wildman–Crippen LogP) is -2.57. The number of carboxylic acid groups (broad SMARTS) is 1. The maximum absolute atomic E-state index is 13.0. The zero-order valence-electron chi connectivity index (χ0n) is 19.8. The van der Waals surface area contributed by atoms with Crippen LogP contribution in [0, 0.1) is 5.41 Å². The van der Waals surface area contributed by atoms with Gasteiger partial charge in [0.25, 0.3) is 5.91 Å². The predicted molar refractivity (Wildman–Crippen MR) is 136 cm³/mol. The zero-order valence-corrected chi connectivity index (χ0v) is 22.2. The number of rotatable bonds is 13. The van der Waals surface area contributed by atoms with E-state index in [9.17, 15) is 19.5 Å².